The summed E-state index contributed by atoms with van der Waals surface area (Å²) in [5.41, 5.74) is 2.20. The summed E-state index contributed by atoms with van der Waals surface area (Å²) in [6.07, 6.45) is 5.43. The Morgan fingerprint density at radius 1 is 1.39 bits per heavy atom. The number of aromatic nitrogens is 2. The molecule has 18 heavy (non-hydrogen) atoms. The summed E-state index contributed by atoms with van der Waals surface area (Å²) in [7, 11) is 0. The van der Waals surface area contributed by atoms with Crippen molar-refractivity contribution < 1.29 is 0 Å². The lowest BCUT2D eigenvalue weighted by Gasteiger charge is -2.07. The number of hydrogen-bond acceptors (Lipinski definition) is 3. The highest BCUT2D eigenvalue weighted by Gasteiger charge is 1.96. The molecule has 2 aromatic heterocycles. The second-order valence-electron chi connectivity index (χ2n) is 4.27. The molecule has 1 N–H and O–H groups in total. The molecule has 0 aliphatic heterocycles. The minimum Gasteiger partial charge on any atom is -0.314 e. The van der Waals surface area contributed by atoms with Crippen LogP contribution in [0.3, 0.4) is 0 Å². The van der Waals surface area contributed by atoms with Crippen LogP contribution in [0.15, 0.2) is 47.7 Å². The van der Waals surface area contributed by atoms with Crippen LogP contribution in [0.4, 0.5) is 0 Å². The molecule has 0 radical (unpaired) electrons. The molecule has 94 valence electrons. The van der Waals surface area contributed by atoms with Gasteiger partial charge in [-0.3, -0.25) is 9.78 Å². The van der Waals surface area contributed by atoms with Gasteiger partial charge in [0.05, 0.1) is 0 Å². The molecular weight excluding hydrogens is 226 g/mol. The molecule has 0 unspecified atom stereocenters. The smallest absolute Gasteiger partial charge is 0.250 e. The molecule has 2 heterocycles. The topological polar surface area (TPSA) is 46.9 Å². The molecule has 0 saturated carbocycles. The highest BCUT2D eigenvalue weighted by molar-refractivity contribution is 5.08. The third-order valence-corrected chi connectivity index (χ3v) is 2.73. The van der Waals surface area contributed by atoms with E-state index in [0.29, 0.717) is 6.54 Å². The Morgan fingerprint density at radius 3 is 3.00 bits per heavy atom. The average molecular weight is 243 g/mol. The van der Waals surface area contributed by atoms with Crippen LogP contribution in [0.5, 0.6) is 0 Å². The summed E-state index contributed by atoms with van der Waals surface area (Å²) in [6.45, 7) is 4.14. The maximum Gasteiger partial charge on any atom is 0.250 e. The normalized spacial score (nSPS) is 10.5. The standard InChI is InChI=1S/C14H17N3O/c1-12-4-7-17(14(18)9-12)8-6-16-11-13-3-2-5-15-10-13/h2-5,7,9-10,16H,6,8,11H2,1H3. The molecule has 0 aliphatic carbocycles. The molecule has 2 aromatic rings. The van der Waals surface area contributed by atoms with Gasteiger partial charge in [-0.05, 0) is 30.2 Å². The Kier molecular flexibility index (Phi) is 4.25. The summed E-state index contributed by atoms with van der Waals surface area (Å²) < 4.78 is 1.71. The van der Waals surface area contributed by atoms with E-state index in [0.717, 1.165) is 24.2 Å². The first kappa shape index (κ1) is 12.5. The van der Waals surface area contributed by atoms with Crippen molar-refractivity contribution in [3.8, 4) is 0 Å². The van der Waals surface area contributed by atoms with Gasteiger partial charge in [-0.2, -0.15) is 0 Å². The van der Waals surface area contributed by atoms with E-state index >= 15 is 0 Å². The van der Waals surface area contributed by atoms with Crippen LogP contribution in [0.1, 0.15) is 11.1 Å². The zero-order chi connectivity index (χ0) is 12.8. The second-order valence-corrected chi connectivity index (χ2v) is 4.27. The predicted molar refractivity (Wildman–Crippen MR) is 71.4 cm³/mol. The Balaban J connectivity index is 1.80. The maximum absolute atomic E-state index is 11.6. The van der Waals surface area contributed by atoms with Gasteiger partial charge >= 0.3 is 0 Å². The van der Waals surface area contributed by atoms with Crippen LogP contribution in [0, 0.1) is 6.92 Å². The molecule has 0 bridgehead atoms. The molecule has 0 aromatic carbocycles. The molecule has 0 fully saturated rings. The van der Waals surface area contributed by atoms with Gasteiger partial charge in [-0.15, -0.1) is 0 Å². The van der Waals surface area contributed by atoms with E-state index < -0.39 is 0 Å². The lowest BCUT2D eigenvalue weighted by Crippen LogP contribution is -2.26. The molecule has 4 heteroatoms. The molecule has 0 amide bonds. The van der Waals surface area contributed by atoms with Gasteiger partial charge in [0.25, 0.3) is 5.56 Å². The van der Waals surface area contributed by atoms with E-state index in [2.05, 4.69) is 10.3 Å². The third kappa shape index (κ3) is 3.53. The summed E-state index contributed by atoms with van der Waals surface area (Å²) in [5.74, 6) is 0. The van der Waals surface area contributed by atoms with E-state index in [9.17, 15) is 4.79 Å². The first-order valence-electron chi connectivity index (χ1n) is 6.02. The number of hydrogen-bond donors (Lipinski definition) is 1. The highest BCUT2D eigenvalue weighted by Crippen LogP contribution is 1.94. The fourth-order valence-corrected chi connectivity index (χ4v) is 1.73. The number of aryl methyl sites for hydroxylation is 1. The van der Waals surface area contributed by atoms with Crippen LogP contribution in [-0.2, 0) is 13.1 Å². The molecule has 0 saturated heterocycles. The van der Waals surface area contributed by atoms with E-state index in [1.807, 2.05) is 37.5 Å². The van der Waals surface area contributed by atoms with E-state index in [1.165, 1.54) is 0 Å². The Hall–Kier alpha value is -1.94. The molecular formula is C14H17N3O. The number of nitrogens with zero attached hydrogens (tertiary/aromatic N) is 2. The van der Waals surface area contributed by atoms with Crippen LogP contribution in [-0.4, -0.2) is 16.1 Å². The lowest BCUT2D eigenvalue weighted by molar-refractivity contribution is 0.584. The Morgan fingerprint density at radius 2 is 2.28 bits per heavy atom. The van der Waals surface area contributed by atoms with Crippen LogP contribution in [0.25, 0.3) is 0 Å². The van der Waals surface area contributed by atoms with Crippen molar-refractivity contribution in [1.82, 2.24) is 14.9 Å². The number of pyridine rings is 2. The van der Waals surface area contributed by atoms with Crippen molar-refractivity contribution in [2.24, 2.45) is 0 Å². The van der Waals surface area contributed by atoms with Crippen molar-refractivity contribution in [2.45, 2.75) is 20.0 Å². The Bertz CT molecular complexity index is 548. The zero-order valence-corrected chi connectivity index (χ0v) is 10.5. The van der Waals surface area contributed by atoms with Crippen molar-refractivity contribution in [3.05, 3.63) is 64.3 Å². The third-order valence-electron chi connectivity index (χ3n) is 2.73. The van der Waals surface area contributed by atoms with Crippen LogP contribution in [0.2, 0.25) is 0 Å². The van der Waals surface area contributed by atoms with Gasteiger partial charge in [0.15, 0.2) is 0 Å². The monoisotopic (exact) mass is 243 g/mol. The first-order valence-corrected chi connectivity index (χ1v) is 6.02. The molecule has 0 spiro atoms. The number of nitrogens with one attached hydrogen (secondary N) is 1. The SMILES string of the molecule is Cc1ccn(CCNCc2cccnc2)c(=O)c1. The average Bonchev–Trinajstić information content (AvgIpc) is 2.38. The highest BCUT2D eigenvalue weighted by atomic mass is 16.1. The molecule has 2 rings (SSSR count). The number of rotatable bonds is 5. The fraction of sp³-hybridized carbons (Fsp3) is 0.286. The quantitative estimate of drug-likeness (QED) is 0.806. The van der Waals surface area contributed by atoms with Crippen molar-refractivity contribution in [3.63, 3.8) is 0 Å². The van der Waals surface area contributed by atoms with E-state index in [-0.39, 0.29) is 5.56 Å². The summed E-state index contributed by atoms with van der Waals surface area (Å²) >= 11 is 0. The molecule has 4 nitrogen and oxygen atoms in total. The van der Waals surface area contributed by atoms with E-state index in [4.69, 9.17) is 0 Å². The molecule has 0 atom stereocenters. The van der Waals surface area contributed by atoms with Crippen LogP contribution >= 0.6 is 0 Å². The Labute approximate surface area is 106 Å². The minimum absolute atomic E-state index is 0.0539. The summed E-state index contributed by atoms with van der Waals surface area (Å²) in [4.78, 5) is 15.7. The van der Waals surface area contributed by atoms with Gasteiger partial charge in [0, 0.05) is 44.3 Å². The van der Waals surface area contributed by atoms with Gasteiger partial charge in [0.1, 0.15) is 0 Å². The van der Waals surface area contributed by atoms with Crippen molar-refractivity contribution >= 4 is 0 Å². The van der Waals surface area contributed by atoms with Gasteiger partial charge in [0.2, 0.25) is 0 Å². The predicted octanol–water partition coefficient (Wildman–Crippen LogP) is 1.34. The maximum atomic E-state index is 11.6. The van der Waals surface area contributed by atoms with Crippen molar-refractivity contribution in [1.29, 1.82) is 0 Å². The van der Waals surface area contributed by atoms with Gasteiger partial charge < -0.3 is 9.88 Å². The minimum atomic E-state index is 0.0539. The van der Waals surface area contributed by atoms with Gasteiger partial charge in [-0.1, -0.05) is 6.07 Å². The zero-order valence-electron chi connectivity index (χ0n) is 10.5. The van der Waals surface area contributed by atoms with Crippen molar-refractivity contribution in [2.75, 3.05) is 6.54 Å². The lowest BCUT2D eigenvalue weighted by atomic mass is 10.3. The van der Waals surface area contributed by atoms with E-state index in [1.54, 1.807) is 16.8 Å². The largest absolute Gasteiger partial charge is 0.314 e. The summed E-state index contributed by atoms with van der Waals surface area (Å²) in [5, 5.41) is 3.29. The van der Waals surface area contributed by atoms with Gasteiger partial charge in [-0.25, -0.2) is 0 Å². The first-order chi connectivity index (χ1) is 8.75. The fourth-order valence-electron chi connectivity index (χ4n) is 1.73. The summed E-state index contributed by atoms with van der Waals surface area (Å²) in [6, 6.07) is 7.54. The molecule has 0 aliphatic rings. The van der Waals surface area contributed by atoms with Crippen LogP contribution < -0.4 is 10.9 Å². The second kappa shape index (κ2) is 6.12.